The Balaban J connectivity index is 2.58. The summed E-state index contributed by atoms with van der Waals surface area (Å²) in [4.78, 5) is 0. The van der Waals surface area contributed by atoms with Crippen LogP contribution < -0.4 is 0 Å². The van der Waals surface area contributed by atoms with Crippen molar-refractivity contribution in [1.82, 2.24) is 0 Å². The summed E-state index contributed by atoms with van der Waals surface area (Å²) in [6.45, 7) is 2.03. The number of halogens is 2. The van der Waals surface area contributed by atoms with Gasteiger partial charge in [-0.15, -0.1) is 0 Å². The Hall–Kier alpha value is -0.370. The molecule has 0 bridgehead atoms. The quantitative estimate of drug-likeness (QED) is 0.700. The Kier molecular flexibility index (Phi) is 3.73. The second kappa shape index (κ2) is 4.61. The molecule has 1 rings (SSSR count). The molecule has 0 nitrogen and oxygen atoms in total. The molecule has 2 heteroatoms. The van der Waals surface area contributed by atoms with E-state index in [2.05, 4.69) is 15.9 Å². The number of benzene rings is 1. The van der Waals surface area contributed by atoms with Crippen molar-refractivity contribution < 1.29 is 4.39 Å². The first-order chi connectivity index (χ1) is 5.72. The number of alkyl halides is 2. The molecule has 0 amide bonds. The number of rotatable bonds is 3. The van der Waals surface area contributed by atoms with Gasteiger partial charge >= 0.3 is 0 Å². The van der Waals surface area contributed by atoms with Gasteiger partial charge in [0.1, 0.15) is 6.17 Å². The Morgan fingerprint density at radius 2 is 1.92 bits per heavy atom. The van der Waals surface area contributed by atoms with E-state index in [4.69, 9.17) is 0 Å². The van der Waals surface area contributed by atoms with Gasteiger partial charge in [-0.1, -0.05) is 45.8 Å². The molecule has 0 N–H and O–H groups in total. The highest BCUT2D eigenvalue weighted by Crippen LogP contribution is 2.09. The van der Waals surface area contributed by atoms with Gasteiger partial charge in [-0.2, -0.15) is 0 Å². The molecule has 0 aliphatic heterocycles. The Labute approximate surface area is 80.9 Å². The average Bonchev–Trinajstić information content (AvgIpc) is 2.09. The van der Waals surface area contributed by atoms with Gasteiger partial charge in [0, 0.05) is 11.8 Å². The molecule has 1 aromatic carbocycles. The summed E-state index contributed by atoms with van der Waals surface area (Å²) in [5.74, 6) is 0. The van der Waals surface area contributed by atoms with Gasteiger partial charge in [0.25, 0.3) is 0 Å². The summed E-state index contributed by atoms with van der Waals surface area (Å²) in [5, 5.41) is 0.418. The number of hydrogen-bond donors (Lipinski definition) is 0. The van der Waals surface area contributed by atoms with Gasteiger partial charge in [-0.3, -0.25) is 0 Å². The minimum atomic E-state index is -0.771. The van der Waals surface area contributed by atoms with Crippen LogP contribution in [0.5, 0.6) is 0 Å². The van der Waals surface area contributed by atoms with Gasteiger partial charge < -0.3 is 0 Å². The topological polar surface area (TPSA) is 0 Å². The fraction of sp³-hybridized carbons (Fsp3) is 0.400. The van der Waals surface area contributed by atoms with Crippen LogP contribution in [-0.4, -0.2) is 11.5 Å². The molecule has 0 saturated heterocycles. The molecule has 1 atom stereocenters. The normalized spacial score (nSPS) is 12.9. The summed E-state index contributed by atoms with van der Waals surface area (Å²) in [6.07, 6.45) is -0.265. The zero-order chi connectivity index (χ0) is 8.97. The third-order valence-corrected chi connectivity index (χ3v) is 2.45. The van der Waals surface area contributed by atoms with Crippen LogP contribution in [0.15, 0.2) is 24.3 Å². The average molecular weight is 231 g/mol. The summed E-state index contributed by atoms with van der Waals surface area (Å²) in [7, 11) is 0. The lowest BCUT2D eigenvalue weighted by atomic mass is 10.1. The van der Waals surface area contributed by atoms with Crippen LogP contribution in [0.1, 0.15) is 11.1 Å². The van der Waals surface area contributed by atoms with Crippen LogP contribution in [0.25, 0.3) is 0 Å². The first-order valence-corrected chi connectivity index (χ1v) is 5.10. The van der Waals surface area contributed by atoms with E-state index < -0.39 is 6.17 Å². The van der Waals surface area contributed by atoms with Crippen LogP contribution >= 0.6 is 15.9 Å². The van der Waals surface area contributed by atoms with E-state index in [1.807, 2.05) is 31.2 Å². The van der Waals surface area contributed by atoms with Crippen LogP contribution in [0.2, 0.25) is 0 Å². The van der Waals surface area contributed by atoms with Crippen LogP contribution in [0.4, 0.5) is 4.39 Å². The third-order valence-electron chi connectivity index (χ3n) is 1.75. The Morgan fingerprint density at radius 3 is 2.42 bits per heavy atom. The van der Waals surface area contributed by atoms with Gasteiger partial charge in [0.2, 0.25) is 0 Å². The highest BCUT2D eigenvalue weighted by molar-refractivity contribution is 9.09. The van der Waals surface area contributed by atoms with Crippen molar-refractivity contribution in [3.8, 4) is 0 Å². The summed E-state index contributed by atoms with van der Waals surface area (Å²) < 4.78 is 12.9. The zero-order valence-corrected chi connectivity index (χ0v) is 8.64. The molecule has 0 aromatic heterocycles. The first kappa shape index (κ1) is 9.72. The molecule has 0 heterocycles. The lowest BCUT2D eigenvalue weighted by Crippen LogP contribution is -2.05. The van der Waals surface area contributed by atoms with Crippen molar-refractivity contribution in [1.29, 1.82) is 0 Å². The van der Waals surface area contributed by atoms with E-state index in [1.54, 1.807) is 0 Å². The maximum Gasteiger partial charge on any atom is 0.114 e. The second-order valence-corrected chi connectivity index (χ2v) is 3.59. The Bertz CT molecular complexity index is 230. The molecule has 0 aliphatic carbocycles. The molecular formula is C10H12BrF. The van der Waals surface area contributed by atoms with Crippen LogP contribution in [-0.2, 0) is 6.42 Å². The van der Waals surface area contributed by atoms with E-state index in [1.165, 1.54) is 5.56 Å². The summed E-state index contributed by atoms with van der Waals surface area (Å²) in [5.41, 5.74) is 2.28. The van der Waals surface area contributed by atoms with Gasteiger partial charge in [-0.25, -0.2) is 4.39 Å². The van der Waals surface area contributed by atoms with E-state index in [9.17, 15) is 4.39 Å². The minimum Gasteiger partial charge on any atom is -0.246 e. The monoisotopic (exact) mass is 230 g/mol. The van der Waals surface area contributed by atoms with E-state index >= 15 is 0 Å². The summed E-state index contributed by atoms with van der Waals surface area (Å²) >= 11 is 3.11. The highest BCUT2D eigenvalue weighted by Gasteiger charge is 2.04. The zero-order valence-electron chi connectivity index (χ0n) is 7.06. The molecule has 12 heavy (non-hydrogen) atoms. The van der Waals surface area contributed by atoms with Gasteiger partial charge in [-0.05, 0) is 12.5 Å². The second-order valence-electron chi connectivity index (χ2n) is 2.94. The number of hydrogen-bond acceptors (Lipinski definition) is 0. The van der Waals surface area contributed by atoms with Crippen LogP contribution in [0.3, 0.4) is 0 Å². The predicted octanol–water partition coefficient (Wildman–Crippen LogP) is 3.27. The Morgan fingerprint density at radius 1 is 1.33 bits per heavy atom. The molecule has 0 aliphatic rings. The lowest BCUT2D eigenvalue weighted by molar-refractivity contribution is 0.368. The smallest absolute Gasteiger partial charge is 0.114 e. The molecule has 0 unspecified atom stereocenters. The minimum absolute atomic E-state index is 0.418. The fourth-order valence-corrected chi connectivity index (χ4v) is 1.26. The largest absolute Gasteiger partial charge is 0.246 e. The molecule has 0 radical (unpaired) electrons. The standard InChI is InChI=1S/C10H12BrF/c1-8-2-4-9(5-3-8)6-10(12)7-11/h2-5,10H,6-7H2,1H3/t10-/m0/s1. The maximum absolute atomic E-state index is 12.9. The van der Waals surface area contributed by atoms with Crippen molar-refractivity contribution in [2.75, 3.05) is 5.33 Å². The SMILES string of the molecule is Cc1ccc(C[C@H](F)CBr)cc1. The fourth-order valence-electron chi connectivity index (χ4n) is 1.03. The van der Waals surface area contributed by atoms with E-state index in [0.29, 0.717) is 11.8 Å². The van der Waals surface area contributed by atoms with Crippen molar-refractivity contribution in [2.24, 2.45) is 0 Å². The van der Waals surface area contributed by atoms with Gasteiger partial charge in [0.05, 0.1) is 0 Å². The molecule has 1 aromatic rings. The first-order valence-electron chi connectivity index (χ1n) is 3.98. The lowest BCUT2D eigenvalue weighted by Gasteiger charge is -2.04. The van der Waals surface area contributed by atoms with Gasteiger partial charge in [0.15, 0.2) is 0 Å². The van der Waals surface area contributed by atoms with E-state index in [0.717, 1.165) is 5.56 Å². The van der Waals surface area contributed by atoms with Crippen LogP contribution in [0, 0.1) is 6.92 Å². The van der Waals surface area contributed by atoms with E-state index in [-0.39, 0.29) is 0 Å². The molecule has 0 spiro atoms. The van der Waals surface area contributed by atoms with Crippen molar-refractivity contribution in [3.05, 3.63) is 35.4 Å². The highest BCUT2D eigenvalue weighted by atomic mass is 79.9. The molecule has 0 fully saturated rings. The molecular weight excluding hydrogens is 219 g/mol. The van der Waals surface area contributed by atoms with Crippen molar-refractivity contribution in [2.45, 2.75) is 19.5 Å². The van der Waals surface area contributed by atoms with Crippen molar-refractivity contribution in [3.63, 3.8) is 0 Å². The third kappa shape index (κ3) is 2.94. The molecule has 0 saturated carbocycles. The predicted molar refractivity (Wildman–Crippen MR) is 53.6 cm³/mol. The number of aryl methyl sites for hydroxylation is 1. The maximum atomic E-state index is 12.9. The van der Waals surface area contributed by atoms with Crippen molar-refractivity contribution >= 4 is 15.9 Å². The molecule has 66 valence electrons. The summed E-state index contributed by atoms with van der Waals surface area (Å²) in [6, 6.07) is 7.97.